The molecule has 0 saturated heterocycles. The predicted octanol–water partition coefficient (Wildman–Crippen LogP) is 2.71. The van der Waals surface area contributed by atoms with Crippen molar-refractivity contribution in [3.8, 4) is 0 Å². The summed E-state index contributed by atoms with van der Waals surface area (Å²) < 4.78 is 0. The van der Waals surface area contributed by atoms with Crippen LogP contribution in [-0.4, -0.2) is 16.5 Å². The van der Waals surface area contributed by atoms with E-state index in [1.807, 2.05) is 6.92 Å². The molecular formula is C12H22O2. The highest BCUT2D eigenvalue weighted by Crippen LogP contribution is 2.23. The molecule has 0 spiro atoms. The summed E-state index contributed by atoms with van der Waals surface area (Å²) in [6, 6.07) is 0. The van der Waals surface area contributed by atoms with Crippen LogP contribution in [0.1, 0.15) is 47.0 Å². The zero-order chi connectivity index (χ0) is 11.4. The molecular weight excluding hydrogens is 176 g/mol. The third-order valence-electron chi connectivity index (χ3n) is 2.34. The molecule has 1 atom stereocenters. The van der Waals surface area contributed by atoms with Gasteiger partial charge in [-0.25, -0.2) is 0 Å². The number of rotatable bonds is 6. The van der Waals surface area contributed by atoms with Crippen LogP contribution in [0.15, 0.2) is 12.2 Å². The fourth-order valence-corrected chi connectivity index (χ4v) is 1.40. The maximum absolute atomic E-state index is 11.0. The molecule has 0 aliphatic carbocycles. The highest BCUT2D eigenvalue weighted by Gasteiger charge is 2.18. The number of carbonyl (C=O) groups is 1. The Kier molecular flexibility index (Phi) is 5.06. The van der Waals surface area contributed by atoms with Gasteiger partial charge in [-0.1, -0.05) is 12.2 Å². The number of hydrogen-bond donors (Lipinski definition) is 1. The van der Waals surface area contributed by atoms with Crippen LogP contribution in [0, 0.1) is 5.92 Å². The van der Waals surface area contributed by atoms with E-state index in [1.165, 1.54) is 0 Å². The molecule has 0 aromatic heterocycles. The first-order chi connectivity index (χ1) is 6.22. The zero-order valence-corrected chi connectivity index (χ0v) is 9.76. The summed E-state index contributed by atoms with van der Waals surface area (Å²) >= 11 is 0. The van der Waals surface area contributed by atoms with Crippen LogP contribution in [0.4, 0.5) is 0 Å². The Morgan fingerprint density at radius 1 is 1.43 bits per heavy atom. The topological polar surface area (TPSA) is 37.3 Å². The lowest BCUT2D eigenvalue weighted by atomic mass is 9.87. The number of hydrogen-bond acceptors (Lipinski definition) is 2. The third kappa shape index (κ3) is 6.84. The second-order valence-corrected chi connectivity index (χ2v) is 4.80. The van der Waals surface area contributed by atoms with Crippen molar-refractivity contribution in [3.05, 3.63) is 12.2 Å². The summed E-state index contributed by atoms with van der Waals surface area (Å²) in [4.78, 5) is 11.0. The molecule has 0 rings (SSSR count). The molecule has 0 fully saturated rings. The van der Waals surface area contributed by atoms with Gasteiger partial charge in [-0.3, -0.25) is 0 Å². The second kappa shape index (κ2) is 5.30. The quantitative estimate of drug-likeness (QED) is 0.666. The second-order valence-electron chi connectivity index (χ2n) is 4.80. The minimum Gasteiger partial charge on any atom is -0.390 e. The Labute approximate surface area is 87.0 Å². The van der Waals surface area contributed by atoms with Crippen LogP contribution < -0.4 is 0 Å². The van der Waals surface area contributed by atoms with Gasteiger partial charge in [-0.15, -0.1) is 0 Å². The number of Topliss-reactive ketones (excluding diaryl/α,β-unsaturated/α-hetero) is 1. The zero-order valence-electron chi connectivity index (χ0n) is 9.76. The van der Waals surface area contributed by atoms with Crippen molar-refractivity contribution < 1.29 is 9.90 Å². The molecule has 0 aliphatic heterocycles. The molecule has 2 nitrogen and oxygen atoms in total. The molecule has 0 unspecified atom stereocenters. The van der Waals surface area contributed by atoms with E-state index in [2.05, 4.69) is 6.58 Å². The number of aliphatic hydroxyl groups is 1. The summed E-state index contributed by atoms with van der Waals surface area (Å²) in [6.07, 6.45) is 2.08. The molecule has 1 N–H and O–H groups in total. The fourth-order valence-electron chi connectivity index (χ4n) is 1.40. The molecule has 0 bridgehead atoms. The minimum atomic E-state index is -0.648. The molecule has 2 heteroatoms. The lowest BCUT2D eigenvalue weighted by Crippen LogP contribution is -2.20. The molecule has 0 aromatic rings. The van der Waals surface area contributed by atoms with Gasteiger partial charge in [0.05, 0.1) is 5.60 Å². The maximum Gasteiger partial charge on any atom is 0.130 e. The molecule has 82 valence electrons. The Balaban J connectivity index is 4.11. The van der Waals surface area contributed by atoms with Crippen LogP contribution in [0.5, 0.6) is 0 Å². The molecule has 0 aromatic carbocycles. The largest absolute Gasteiger partial charge is 0.390 e. The van der Waals surface area contributed by atoms with Crippen molar-refractivity contribution in [1.29, 1.82) is 0 Å². The van der Waals surface area contributed by atoms with E-state index in [-0.39, 0.29) is 11.7 Å². The van der Waals surface area contributed by atoms with E-state index >= 15 is 0 Å². The third-order valence-corrected chi connectivity index (χ3v) is 2.34. The Bertz CT molecular complexity index is 211. The lowest BCUT2D eigenvalue weighted by Gasteiger charge is -2.21. The van der Waals surface area contributed by atoms with Gasteiger partial charge in [0.2, 0.25) is 0 Å². The summed E-state index contributed by atoms with van der Waals surface area (Å²) in [7, 11) is 0. The van der Waals surface area contributed by atoms with E-state index in [0.29, 0.717) is 12.8 Å². The van der Waals surface area contributed by atoms with Crippen molar-refractivity contribution in [2.75, 3.05) is 0 Å². The van der Waals surface area contributed by atoms with Gasteiger partial charge in [-0.2, -0.15) is 0 Å². The molecule has 14 heavy (non-hydrogen) atoms. The average Bonchev–Trinajstić information content (AvgIpc) is 1.94. The van der Waals surface area contributed by atoms with Gasteiger partial charge in [0.25, 0.3) is 0 Å². The average molecular weight is 198 g/mol. The first-order valence-corrected chi connectivity index (χ1v) is 5.09. The Morgan fingerprint density at radius 3 is 2.21 bits per heavy atom. The molecule has 0 aliphatic rings. The number of ketones is 1. The molecule has 0 amide bonds. The summed E-state index contributed by atoms with van der Waals surface area (Å²) in [5.74, 6) is 0.410. The fraction of sp³-hybridized carbons (Fsp3) is 0.750. The van der Waals surface area contributed by atoms with Crippen LogP contribution >= 0.6 is 0 Å². The van der Waals surface area contributed by atoms with Crippen LogP contribution in [0.2, 0.25) is 0 Å². The standard InChI is InChI=1S/C12H22O2/c1-9(2)11(8-10(3)13)6-7-12(4,5)14/h11,14H,1,6-8H2,2-5H3/t11-/m0/s1. The minimum absolute atomic E-state index is 0.189. The van der Waals surface area contributed by atoms with Crippen LogP contribution in [-0.2, 0) is 4.79 Å². The van der Waals surface area contributed by atoms with Gasteiger partial charge in [0.1, 0.15) is 5.78 Å². The monoisotopic (exact) mass is 198 g/mol. The lowest BCUT2D eigenvalue weighted by molar-refractivity contribution is -0.117. The van der Waals surface area contributed by atoms with Gasteiger partial charge in [0.15, 0.2) is 0 Å². The maximum atomic E-state index is 11.0. The van der Waals surface area contributed by atoms with E-state index in [9.17, 15) is 9.90 Å². The summed E-state index contributed by atoms with van der Waals surface area (Å²) in [6.45, 7) is 11.0. The van der Waals surface area contributed by atoms with Gasteiger partial charge < -0.3 is 9.90 Å². The van der Waals surface area contributed by atoms with E-state index in [4.69, 9.17) is 0 Å². The smallest absolute Gasteiger partial charge is 0.130 e. The summed E-state index contributed by atoms with van der Waals surface area (Å²) in [5, 5.41) is 9.57. The van der Waals surface area contributed by atoms with Crippen molar-refractivity contribution in [2.24, 2.45) is 5.92 Å². The molecule has 0 radical (unpaired) electrons. The van der Waals surface area contributed by atoms with Gasteiger partial charge in [-0.05, 0) is 46.5 Å². The van der Waals surface area contributed by atoms with Crippen molar-refractivity contribution in [2.45, 2.75) is 52.6 Å². The van der Waals surface area contributed by atoms with Crippen LogP contribution in [0.25, 0.3) is 0 Å². The van der Waals surface area contributed by atoms with Crippen LogP contribution in [0.3, 0.4) is 0 Å². The van der Waals surface area contributed by atoms with Gasteiger partial charge in [0, 0.05) is 6.42 Å². The highest BCUT2D eigenvalue weighted by atomic mass is 16.3. The Morgan fingerprint density at radius 2 is 1.93 bits per heavy atom. The highest BCUT2D eigenvalue weighted by molar-refractivity contribution is 5.76. The van der Waals surface area contributed by atoms with Crippen molar-refractivity contribution in [3.63, 3.8) is 0 Å². The predicted molar refractivity (Wildman–Crippen MR) is 59.1 cm³/mol. The van der Waals surface area contributed by atoms with Crippen molar-refractivity contribution in [1.82, 2.24) is 0 Å². The van der Waals surface area contributed by atoms with E-state index < -0.39 is 5.60 Å². The van der Waals surface area contributed by atoms with E-state index in [1.54, 1.807) is 20.8 Å². The summed E-state index contributed by atoms with van der Waals surface area (Å²) in [5.41, 5.74) is 0.384. The molecule has 0 heterocycles. The first kappa shape index (κ1) is 13.4. The van der Waals surface area contributed by atoms with Gasteiger partial charge >= 0.3 is 0 Å². The van der Waals surface area contributed by atoms with E-state index in [0.717, 1.165) is 12.0 Å². The van der Waals surface area contributed by atoms with Crippen molar-refractivity contribution >= 4 is 5.78 Å². The number of carbonyl (C=O) groups excluding carboxylic acids is 1. The SMILES string of the molecule is C=C(C)[C@@H](CCC(C)(C)O)CC(C)=O. The normalized spacial score (nSPS) is 13.8. The Hall–Kier alpha value is -0.630. The number of allylic oxidation sites excluding steroid dienone is 1. The molecule has 0 saturated carbocycles. The first-order valence-electron chi connectivity index (χ1n) is 5.09.